The fraction of sp³-hybridized carbons (Fsp3) is 0.375. The number of rotatable bonds is 1. The first-order valence-corrected chi connectivity index (χ1v) is 5.93. The Morgan fingerprint density at radius 1 is 1.67 bits per heavy atom. The predicted molar refractivity (Wildman–Crippen MR) is 64.5 cm³/mol. The zero-order chi connectivity index (χ0) is 11.0. The van der Waals surface area contributed by atoms with Gasteiger partial charge in [0.05, 0.1) is 6.20 Å². The Morgan fingerprint density at radius 2 is 2.40 bits per heavy atom. The Labute approximate surface area is 106 Å². The zero-order valence-electron chi connectivity index (χ0n) is 7.52. The maximum Gasteiger partial charge on any atom is 0.229 e. The van der Waals surface area contributed by atoms with Crippen LogP contribution < -0.4 is 4.90 Å². The van der Waals surface area contributed by atoms with E-state index in [1.165, 1.54) is 11.1 Å². The number of nitrogens with zero attached hydrogens (tertiary/aromatic N) is 3. The average Bonchev–Trinajstić information content (AvgIpc) is 2.45. The first-order chi connectivity index (χ1) is 7.08. The number of amides is 1. The van der Waals surface area contributed by atoms with E-state index < -0.39 is 0 Å². The minimum absolute atomic E-state index is 0.0199. The van der Waals surface area contributed by atoms with Gasteiger partial charge >= 0.3 is 0 Å². The molecule has 1 aromatic rings. The van der Waals surface area contributed by atoms with E-state index in [0.29, 0.717) is 23.4 Å². The molecule has 1 saturated heterocycles. The monoisotopic (exact) mass is 307 g/mol. The molecule has 1 amide bonds. The lowest BCUT2D eigenvalue weighted by atomic mass is 10.4. The second-order valence-corrected chi connectivity index (χ2v) is 5.07. The minimum Gasteiger partial charge on any atom is -0.293 e. The van der Waals surface area contributed by atoms with Crippen LogP contribution in [0.5, 0.6) is 0 Å². The van der Waals surface area contributed by atoms with Gasteiger partial charge in [-0.15, -0.1) is 0 Å². The van der Waals surface area contributed by atoms with Gasteiger partial charge in [-0.1, -0.05) is 11.6 Å². The van der Waals surface area contributed by atoms with E-state index in [0.717, 1.165) is 0 Å². The number of halogens is 2. The van der Waals surface area contributed by atoms with Crippen LogP contribution in [0.15, 0.2) is 10.8 Å². The normalized spacial score (nSPS) is 21.1. The van der Waals surface area contributed by atoms with Crippen LogP contribution in [0, 0.1) is 0 Å². The van der Waals surface area contributed by atoms with Gasteiger partial charge in [0.2, 0.25) is 5.91 Å². The molecular weight excluding hydrogens is 302 g/mol. The fourth-order valence-electron chi connectivity index (χ4n) is 1.41. The molecular formula is C8H7BrClN3OS. The van der Waals surface area contributed by atoms with Gasteiger partial charge in [0.25, 0.3) is 0 Å². The lowest BCUT2D eigenvalue weighted by Gasteiger charge is -2.15. The van der Waals surface area contributed by atoms with Gasteiger partial charge in [0.15, 0.2) is 11.0 Å². The van der Waals surface area contributed by atoms with Crippen molar-refractivity contribution in [3.63, 3.8) is 0 Å². The molecule has 2 rings (SSSR count). The molecule has 0 aromatic carbocycles. The lowest BCUT2D eigenvalue weighted by Crippen LogP contribution is -2.26. The molecule has 2 heterocycles. The molecule has 4 nitrogen and oxygen atoms in total. The summed E-state index contributed by atoms with van der Waals surface area (Å²) in [5.74, 6) is 0.384. The van der Waals surface area contributed by atoms with E-state index in [1.54, 1.807) is 0 Å². The van der Waals surface area contributed by atoms with Crippen LogP contribution in [0.3, 0.4) is 0 Å². The Bertz CT molecular complexity index is 417. The third kappa shape index (κ3) is 2.26. The summed E-state index contributed by atoms with van der Waals surface area (Å²) in [6.45, 7) is 0.526. The molecule has 0 spiro atoms. The van der Waals surface area contributed by atoms with Crippen molar-refractivity contribution in [1.82, 2.24) is 9.97 Å². The van der Waals surface area contributed by atoms with Crippen molar-refractivity contribution < 1.29 is 4.79 Å². The second-order valence-electron chi connectivity index (χ2n) is 3.17. The number of carbonyl (C=O) groups is 1. The Morgan fingerprint density at radius 3 is 2.93 bits per heavy atom. The van der Waals surface area contributed by atoms with E-state index in [9.17, 15) is 4.79 Å². The summed E-state index contributed by atoms with van der Waals surface area (Å²) in [6, 6.07) is 0. The highest BCUT2D eigenvalue weighted by atomic mass is 79.9. The standard InChI is InChI=1S/C8H7BrClN3OS/c9-5-2-11-8(7(10)12-5)13-3-4(15)1-6(13)14/h2,4,15H,1,3H2. The first-order valence-electron chi connectivity index (χ1n) is 4.24. The van der Waals surface area contributed by atoms with Crippen LogP contribution in [0.25, 0.3) is 0 Å². The third-order valence-electron chi connectivity index (χ3n) is 2.04. The van der Waals surface area contributed by atoms with Gasteiger partial charge in [-0.05, 0) is 15.9 Å². The van der Waals surface area contributed by atoms with Crippen LogP contribution in [-0.2, 0) is 4.79 Å². The summed E-state index contributed by atoms with van der Waals surface area (Å²) in [7, 11) is 0. The smallest absolute Gasteiger partial charge is 0.229 e. The van der Waals surface area contributed by atoms with Crippen molar-refractivity contribution in [2.75, 3.05) is 11.4 Å². The van der Waals surface area contributed by atoms with Crippen LogP contribution >= 0.6 is 40.2 Å². The summed E-state index contributed by atoms with van der Waals surface area (Å²) in [5.41, 5.74) is 0. The van der Waals surface area contributed by atoms with Gasteiger partial charge in [-0.2, -0.15) is 12.6 Å². The van der Waals surface area contributed by atoms with Gasteiger partial charge in [0.1, 0.15) is 4.60 Å². The molecule has 0 bridgehead atoms. The van der Waals surface area contributed by atoms with Gasteiger partial charge < -0.3 is 0 Å². The molecule has 0 N–H and O–H groups in total. The molecule has 1 aromatic heterocycles. The average molecular weight is 309 g/mol. The van der Waals surface area contributed by atoms with E-state index >= 15 is 0 Å². The van der Waals surface area contributed by atoms with Crippen molar-refractivity contribution in [3.8, 4) is 0 Å². The summed E-state index contributed by atoms with van der Waals surface area (Å²) < 4.78 is 0.547. The number of anilines is 1. The van der Waals surface area contributed by atoms with Crippen LogP contribution in [0.2, 0.25) is 5.15 Å². The molecule has 1 aliphatic rings. The number of aromatic nitrogens is 2. The quantitative estimate of drug-likeness (QED) is 0.806. The highest BCUT2D eigenvalue weighted by molar-refractivity contribution is 9.10. The largest absolute Gasteiger partial charge is 0.293 e. The van der Waals surface area contributed by atoms with Crippen LogP contribution in [0.4, 0.5) is 5.82 Å². The van der Waals surface area contributed by atoms with Crippen molar-refractivity contribution >= 4 is 51.9 Å². The van der Waals surface area contributed by atoms with Crippen LogP contribution in [0.1, 0.15) is 6.42 Å². The van der Waals surface area contributed by atoms with Gasteiger partial charge in [-0.25, -0.2) is 9.97 Å². The van der Waals surface area contributed by atoms with Gasteiger partial charge in [0, 0.05) is 18.2 Å². The number of hydrogen-bond acceptors (Lipinski definition) is 4. The van der Waals surface area contributed by atoms with E-state index in [2.05, 4.69) is 38.5 Å². The van der Waals surface area contributed by atoms with Gasteiger partial charge in [-0.3, -0.25) is 9.69 Å². The number of thiol groups is 1. The number of carbonyl (C=O) groups excluding carboxylic acids is 1. The Balaban J connectivity index is 2.34. The molecule has 0 saturated carbocycles. The second kappa shape index (κ2) is 4.27. The highest BCUT2D eigenvalue weighted by Crippen LogP contribution is 2.28. The zero-order valence-corrected chi connectivity index (χ0v) is 10.8. The van der Waals surface area contributed by atoms with Crippen molar-refractivity contribution in [1.29, 1.82) is 0 Å². The first kappa shape index (κ1) is 11.2. The summed E-state index contributed by atoms with van der Waals surface area (Å²) in [4.78, 5) is 21.1. The maximum absolute atomic E-state index is 11.6. The topological polar surface area (TPSA) is 46.1 Å². The summed E-state index contributed by atoms with van der Waals surface area (Å²) in [6.07, 6.45) is 1.93. The molecule has 15 heavy (non-hydrogen) atoms. The molecule has 80 valence electrons. The van der Waals surface area contributed by atoms with Crippen molar-refractivity contribution in [2.24, 2.45) is 0 Å². The summed E-state index contributed by atoms with van der Waals surface area (Å²) >= 11 is 13.3. The Hall–Kier alpha value is -0.330. The Kier molecular flexibility index (Phi) is 3.18. The van der Waals surface area contributed by atoms with E-state index in [-0.39, 0.29) is 16.3 Å². The molecule has 1 fully saturated rings. The molecule has 1 aliphatic heterocycles. The molecule has 0 radical (unpaired) electrons. The SMILES string of the molecule is O=C1CC(S)CN1c1ncc(Br)nc1Cl. The van der Waals surface area contributed by atoms with Crippen molar-refractivity contribution in [3.05, 3.63) is 16.0 Å². The van der Waals surface area contributed by atoms with Crippen molar-refractivity contribution in [2.45, 2.75) is 11.7 Å². The maximum atomic E-state index is 11.6. The fourth-order valence-corrected chi connectivity index (χ4v) is 2.36. The van der Waals surface area contributed by atoms with Crippen LogP contribution in [-0.4, -0.2) is 27.7 Å². The molecule has 0 aliphatic carbocycles. The lowest BCUT2D eigenvalue weighted by molar-refractivity contribution is -0.117. The predicted octanol–water partition coefficient (Wildman–Crippen LogP) is 1.93. The molecule has 1 atom stereocenters. The highest BCUT2D eigenvalue weighted by Gasteiger charge is 2.30. The van der Waals surface area contributed by atoms with E-state index in [4.69, 9.17) is 11.6 Å². The molecule has 1 unspecified atom stereocenters. The van der Waals surface area contributed by atoms with E-state index in [1.807, 2.05) is 0 Å². The third-order valence-corrected chi connectivity index (χ3v) is 3.02. The summed E-state index contributed by atoms with van der Waals surface area (Å²) in [5, 5.41) is 0.263. The number of hydrogen-bond donors (Lipinski definition) is 1. The molecule has 7 heteroatoms. The minimum atomic E-state index is -0.0199.